The van der Waals surface area contributed by atoms with E-state index in [1.165, 1.54) is 7.11 Å². The van der Waals surface area contributed by atoms with Gasteiger partial charge in [0, 0.05) is 0 Å². The SMILES string of the molecule is COC(=O)C(Cc1ccccc1)NS(=O)(=O)c1cnc(N)nc1. The number of nitrogens with two attached hydrogens (primary N) is 1. The molecule has 1 unspecified atom stereocenters. The van der Waals surface area contributed by atoms with Crippen molar-refractivity contribution in [2.24, 2.45) is 0 Å². The molecule has 2 aromatic rings. The molecule has 0 aliphatic carbocycles. The van der Waals surface area contributed by atoms with E-state index in [1.807, 2.05) is 6.07 Å². The van der Waals surface area contributed by atoms with Crippen molar-refractivity contribution in [3.05, 3.63) is 48.3 Å². The lowest BCUT2D eigenvalue weighted by molar-refractivity contribution is -0.142. The van der Waals surface area contributed by atoms with Crippen molar-refractivity contribution in [3.63, 3.8) is 0 Å². The Bertz CT molecular complexity index is 763. The van der Waals surface area contributed by atoms with E-state index in [9.17, 15) is 13.2 Å². The molecule has 0 radical (unpaired) electrons. The summed E-state index contributed by atoms with van der Waals surface area (Å²) in [4.78, 5) is 19.0. The van der Waals surface area contributed by atoms with Crippen LogP contribution in [-0.2, 0) is 26.0 Å². The van der Waals surface area contributed by atoms with E-state index < -0.39 is 22.0 Å². The highest BCUT2D eigenvalue weighted by Crippen LogP contribution is 2.10. The van der Waals surface area contributed by atoms with Gasteiger partial charge in [0.1, 0.15) is 10.9 Å². The van der Waals surface area contributed by atoms with Crippen LogP contribution in [-0.4, -0.2) is 37.5 Å². The predicted molar refractivity (Wildman–Crippen MR) is 82.7 cm³/mol. The van der Waals surface area contributed by atoms with Crippen LogP contribution in [0.15, 0.2) is 47.6 Å². The zero-order valence-corrected chi connectivity index (χ0v) is 13.2. The maximum Gasteiger partial charge on any atom is 0.324 e. The van der Waals surface area contributed by atoms with Crippen LogP contribution in [0.2, 0.25) is 0 Å². The summed E-state index contributed by atoms with van der Waals surface area (Å²) in [6.45, 7) is 0. The third-order valence-electron chi connectivity index (χ3n) is 3.02. The van der Waals surface area contributed by atoms with Crippen molar-refractivity contribution >= 4 is 21.9 Å². The van der Waals surface area contributed by atoms with Crippen LogP contribution in [0, 0.1) is 0 Å². The third kappa shape index (κ3) is 4.47. The summed E-state index contributed by atoms with van der Waals surface area (Å²) in [7, 11) is -2.79. The second-order valence-corrected chi connectivity index (χ2v) is 6.38. The molecule has 1 aromatic carbocycles. The fourth-order valence-corrected chi connectivity index (χ4v) is 2.96. The summed E-state index contributed by atoms with van der Waals surface area (Å²) < 4.78 is 31.6. The standard InChI is InChI=1S/C14H16N4O4S/c1-22-13(19)12(7-10-5-3-2-4-6-10)18-23(20,21)11-8-16-14(15)17-9-11/h2-6,8-9,12,18H,7H2,1H3,(H2,15,16,17). The first-order chi connectivity index (χ1) is 10.9. The second-order valence-electron chi connectivity index (χ2n) is 4.66. The number of esters is 1. The number of nitrogens with one attached hydrogen (secondary N) is 1. The summed E-state index contributed by atoms with van der Waals surface area (Å²) in [5.41, 5.74) is 6.12. The molecule has 1 aromatic heterocycles. The first kappa shape index (κ1) is 16.8. The highest BCUT2D eigenvalue weighted by Gasteiger charge is 2.27. The van der Waals surface area contributed by atoms with Gasteiger partial charge in [-0.25, -0.2) is 18.4 Å². The van der Waals surface area contributed by atoms with Gasteiger partial charge in [-0.1, -0.05) is 30.3 Å². The minimum absolute atomic E-state index is 0.0437. The van der Waals surface area contributed by atoms with Gasteiger partial charge in [0.25, 0.3) is 0 Å². The summed E-state index contributed by atoms with van der Waals surface area (Å²) in [5.74, 6) is -0.730. The van der Waals surface area contributed by atoms with E-state index in [4.69, 9.17) is 5.73 Å². The Morgan fingerprint density at radius 2 is 1.87 bits per heavy atom. The van der Waals surface area contributed by atoms with Crippen LogP contribution in [0.1, 0.15) is 5.56 Å². The van der Waals surface area contributed by atoms with Crippen molar-refractivity contribution in [2.75, 3.05) is 12.8 Å². The van der Waals surface area contributed by atoms with Crippen molar-refractivity contribution < 1.29 is 17.9 Å². The van der Waals surface area contributed by atoms with Crippen molar-refractivity contribution in [3.8, 4) is 0 Å². The van der Waals surface area contributed by atoms with Crippen LogP contribution in [0.4, 0.5) is 5.95 Å². The normalized spacial score (nSPS) is 12.6. The lowest BCUT2D eigenvalue weighted by atomic mass is 10.1. The number of sulfonamides is 1. The second kappa shape index (κ2) is 7.16. The minimum atomic E-state index is -3.98. The molecule has 1 heterocycles. The van der Waals surface area contributed by atoms with E-state index in [0.717, 1.165) is 18.0 Å². The largest absolute Gasteiger partial charge is 0.468 e. The number of anilines is 1. The number of aromatic nitrogens is 2. The van der Waals surface area contributed by atoms with Gasteiger partial charge in [0.05, 0.1) is 19.5 Å². The average molecular weight is 336 g/mol. The summed E-state index contributed by atoms with van der Waals surface area (Å²) in [6.07, 6.45) is 2.30. The molecule has 0 saturated heterocycles. The van der Waals surface area contributed by atoms with Gasteiger partial charge >= 0.3 is 5.97 Å². The Balaban J connectivity index is 2.23. The lowest BCUT2D eigenvalue weighted by Crippen LogP contribution is -2.43. The summed E-state index contributed by atoms with van der Waals surface area (Å²) >= 11 is 0. The number of hydrogen-bond donors (Lipinski definition) is 2. The molecule has 0 fully saturated rings. The molecule has 8 nitrogen and oxygen atoms in total. The number of nitrogen functional groups attached to an aromatic ring is 1. The molecule has 1 atom stereocenters. The zero-order chi connectivity index (χ0) is 16.9. The molecule has 0 aliphatic heterocycles. The van der Waals surface area contributed by atoms with E-state index >= 15 is 0 Å². The maximum absolute atomic E-state index is 12.3. The van der Waals surface area contributed by atoms with Crippen molar-refractivity contribution in [1.29, 1.82) is 0 Å². The molecular formula is C14H16N4O4S. The molecule has 0 spiro atoms. The quantitative estimate of drug-likeness (QED) is 0.718. The fourth-order valence-electron chi connectivity index (χ4n) is 1.89. The third-order valence-corrected chi connectivity index (χ3v) is 4.45. The molecule has 122 valence electrons. The Morgan fingerprint density at radius 1 is 1.26 bits per heavy atom. The van der Waals surface area contributed by atoms with Crippen LogP contribution in [0.5, 0.6) is 0 Å². The van der Waals surface area contributed by atoms with Crippen LogP contribution in [0.25, 0.3) is 0 Å². The Hall–Kier alpha value is -2.52. The molecule has 0 aliphatic rings. The van der Waals surface area contributed by atoms with Gasteiger partial charge in [0.15, 0.2) is 0 Å². The average Bonchev–Trinajstić information content (AvgIpc) is 2.54. The molecule has 23 heavy (non-hydrogen) atoms. The Morgan fingerprint density at radius 3 is 2.43 bits per heavy atom. The van der Waals surface area contributed by atoms with Crippen LogP contribution >= 0.6 is 0 Å². The first-order valence-electron chi connectivity index (χ1n) is 6.64. The topological polar surface area (TPSA) is 124 Å². The van der Waals surface area contributed by atoms with Crippen LogP contribution < -0.4 is 10.5 Å². The van der Waals surface area contributed by atoms with Gasteiger partial charge < -0.3 is 10.5 Å². The highest BCUT2D eigenvalue weighted by atomic mass is 32.2. The molecular weight excluding hydrogens is 320 g/mol. The number of carbonyl (C=O) groups excluding carboxylic acids is 1. The summed E-state index contributed by atoms with van der Waals surface area (Å²) in [6, 6.07) is 7.93. The Kier molecular flexibility index (Phi) is 5.24. The van der Waals surface area contributed by atoms with Crippen molar-refractivity contribution in [2.45, 2.75) is 17.4 Å². The predicted octanol–water partition coefficient (Wildman–Crippen LogP) is 0.121. The van der Waals surface area contributed by atoms with E-state index in [-0.39, 0.29) is 17.3 Å². The number of nitrogens with zero attached hydrogens (tertiary/aromatic N) is 2. The zero-order valence-electron chi connectivity index (χ0n) is 12.3. The van der Waals surface area contributed by atoms with Crippen molar-refractivity contribution in [1.82, 2.24) is 14.7 Å². The minimum Gasteiger partial charge on any atom is -0.468 e. The van der Waals surface area contributed by atoms with Gasteiger partial charge in [-0.15, -0.1) is 0 Å². The number of rotatable bonds is 6. The monoisotopic (exact) mass is 336 g/mol. The number of methoxy groups -OCH3 is 1. The van der Waals surface area contributed by atoms with E-state index in [1.54, 1.807) is 24.3 Å². The number of benzene rings is 1. The van der Waals surface area contributed by atoms with Gasteiger partial charge in [0.2, 0.25) is 16.0 Å². The highest BCUT2D eigenvalue weighted by molar-refractivity contribution is 7.89. The smallest absolute Gasteiger partial charge is 0.324 e. The molecule has 0 bridgehead atoms. The number of hydrogen-bond acceptors (Lipinski definition) is 7. The van der Waals surface area contributed by atoms with Gasteiger partial charge in [-0.3, -0.25) is 4.79 Å². The maximum atomic E-state index is 12.3. The van der Waals surface area contributed by atoms with E-state index in [0.29, 0.717) is 0 Å². The molecule has 0 amide bonds. The molecule has 2 rings (SSSR count). The molecule has 0 saturated carbocycles. The molecule has 9 heteroatoms. The number of ether oxygens (including phenoxy) is 1. The first-order valence-corrected chi connectivity index (χ1v) is 8.12. The number of carbonyl (C=O) groups is 1. The Labute approximate surface area is 133 Å². The molecule has 3 N–H and O–H groups in total. The summed E-state index contributed by atoms with van der Waals surface area (Å²) in [5, 5.41) is 0. The van der Waals surface area contributed by atoms with E-state index in [2.05, 4.69) is 19.4 Å². The fraction of sp³-hybridized carbons (Fsp3) is 0.214. The lowest BCUT2D eigenvalue weighted by Gasteiger charge is -2.16. The van der Waals surface area contributed by atoms with Gasteiger partial charge in [-0.2, -0.15) is 4.72 Å². The van der Waals surface area contributed by atoms with Crippen LogP contribution in [0.3, 0.4) is 0 Å². The van der Waals surface area contributed by atoms with Gasteiger partial charge in [-0.05, 0) is 12.0 Å².